The Hall–Kier alpha value is -1.51. The summed E-state index contributed by atoms with van der Waals surface area (Å²) in [6.45, 7) is 2.02. The molecule has 1 aliphatic rings. The third kappa shape index (κ3) is 3.47. The van der Waals surface area contributed by atoms with Crippen molar-refractivity contribution in [3.05, 3.63) is 36.2 Å². The van der Waals surface area contributed by atoms with Gasteiger partial charge >= 0.3 is 5.97 Å². The number of carboxylic acid groups (broad SMARTS) is 1. The van der Waals surface area contributed by atoms with Crippen LogP contribution in [0.2, 0.25) is 0 Å². The molecular formula is C11H15NO2. The Balaban J connectivity index is 2.47. The zero-order valence-electron chi connectivity index (χ0n) is 8.23. The highest BCUT2D eigenvalue weighted by molar-refractivity contribution is 5.66. The smallest absolute Gasteiger partial charge is 0.303 e. The summed E-state index contributed by atoms with van der Waals surface area (Å²) in [4.78, 5) is 10.4. The summed E-state index contributed by atoms with van der Waals surface area (Å²) < 4.78 is 0. The monoisotopic (exact) mass is 193 g/mol. The number of aliphatic carboxylic acids is 1. The first-order valence-electron chi connectivity index (χ1n) is 4.72. The van der Waals surface area contributed by atoms with E-state index in [0.717, 1.165) is 5.70 Å². The molecule has 0 amide bonds. The van der Waals surface area contributed by atoms with Crippen LogP contribution in [0, 0.1) is 5.92 Å². The number of rotatable bonds is 4. The molecule has 0 saturated heterocycles. The Labute approximate surface area is 83.8 Å². The van der Waals surface area contributed by atoms with E-state index < -0.39 is 5.97 Å². The van der Waals surface area contributed by atoms with Crippen LogP contribution in [0.15, 0.2) is 36.2 Å². The molecule has 0 bridgehead atoms. The van der Waals surface area contributed by atoms with Gasteiger partial charge < -0.3 is 10.4 Å². The van der Waals surface area contributed by atoms with E-state index >= 15 is 0 Å². The van der Waals surface area contributed by atoms with E-state index in [1.807, 2.05) is 37.4 Å². The maximum atomic E-state index is 10.4. The summed E-state index contributed by atoms with van der Waals surface area (Å²) in [6, 6.07) is 0. The van der Waals surface area contributed by atoms with Gasteiger partial charge in [0.15, 0.2) is 0 Å². The van der Waals surface area contributed by atoms with Crippen LogP contribution in [0.3, 0.4) is 0 Å². The molecule has 3 nitrogen and oxygen atoms in total. The van der Waals surface area contributed by atoms with Gasteiger partial charge in [-0.25, -0.2) is 0 Å². The van der Waals surface area contributed by atoms with E-state index in [0.29, 0.717) is 6.42 Å². The molecule has 1 aliphatic heterocycles. The summed E-state index contributed by atoms with van der Waals surface area (Å²) in [5.74, 6) is -0.490. The Kier molecular flexibility index (Phi) is 3.98. The van der Waals surface area contributed by atoms with Crippen molar-refractivity contribution in [1.82, 2.24) is 5.32 Å². The summed E-state index contributed by atoms with van der Waals surface area (Å²) in [5.41, 5.74) is 1.07. The summed E-state index contributed by atoms with van der Waals surface area (Å²) in [5, 5.41) is 11.7. The van der Waals surface area contributed by atoms with Crippen molar-refractivity contribution in [3.8, 4) is 0 Å². The SMILES string of the molecule is CC(CCC(=O)O)C1=CC=CC=CN1. The van der Waals surface area contributed by atoms with Gasteiger partial charge in [0.2, 0.25) is 0 Å². The fourth-order valence-corrected chi connectivity index (χ4v) is 1.27. The van der Waals surface area contributed by atoms with Gasteiger partial charge in [0, 0.05) is 18.3 Å². The molecule has 1 atom stereocenters. The van der Waals surface area contributed by atoms with Gasteiger partial charge in [0.1, 0.15) is 0 Å². The highest BCUT2D eigenvalue weighted by Crippen LogP contribution is 2.15. The van der Waals surface area contributed by atoms with Crippen molar-refractivity contribution < 1.29 is 9.90 Å². The number of carboxylic acids is 1. The lowest BCUT2D eigenvalue weighted by molar-refractivity contribution is -0.137. The fraction of sp³-hybridized carbons (Fsp3) is 0.364. The molecule has 0 fully saturated rings. The first-order valence-corrected chi connectivity index (χ1v) is 4.72. The lowest BCUT2D eigenvalue weighted by Crippen LogP contribution is -2.13. The molecule has 1 unspecified atom stereocenters. The minimum atomic E-state index is -0.739. The Bertz CT molecular complexity index is 290. The molecular weight excluding hydrogens is 178 g/mol. The number of allylic oxidation sites excluding steroid dienone is 5. The van der Waals surface area contributed by atoms with E-state index in [4.69, 9.17) is 5.11 Å². The molecule has 0 aromatic carbocycles. The zero-order valence-corrected chi connectivity index (χ0v) is 8.23. The third-order valence-corrected chi connectivity index (χ3v) is 2.17. The van der Waals surface area contributed by atoms with Crippen molar-refractivity contribution in [2.45, 2.75) is 19.8 Å². The first kappa shape index (κ1) is 10.6. The quantitative estimate of drug-likeness (QED) is 0.718. The van der Waals surface area contributed by atoms with E-state index in [1.165, 1.54) is 0 Å². The van der Waals surface area contributed by atoms with E-state index in [9.17, 15) is 4.79 Å². The predicted molar refractivity (Wildman–Crippen MR) is 55.5 cm³/mol. The van der Waals surface area contributed by atoms with Gasteiger partial charge in [0.05, 0.1) is 0 Å². The van der Waals surface area contributed by atoms with Crippen LogP contribution in [0.5, 0.6) is 0 Å². The van der Waals surface area contributed by atoms with Crippen LogP contribution in [-0.4, -0.2) is 11.1 Å². The van der Waals surface area contributed by atoms with E-state index in [-0.39, 0.29) is 12.3 Å². The molecule has 3 heteroatoms. The topological polar surface area (TPSA) is 49.3 Å². The van der Waals surface area contributed by atoms with Crippen LogP contribution >= 0.6 is 0 Å². The molecule has 0 aliphatic carbocycles. The second kappa shape index (κ2) is 5.27. The van der Waals surface area contributed by atoms with E-state index in [1.54, 1.807) is 0 Å². The second-order valence-corrected chi connectivity index (χ2v) is 3.34. The summed E-state index contributed by atoms with van der Waals surface area (Å²) in [6.07, 6.45) is 10.5. The number of carbonyl (C=O) groups is 1. The minimum Gasteiger partial charge on any atom is -0.481 e. The van der Waals surface area contributed by atoms with E-state index in [2.05, 4.69) is 5.32 Å². The number of hydrogen-bond acceptors (Lipinski definition) is 2. The van der Waals surface area contributed by atoms with Crippen LogP contribution in [0.4, 0.5) is 0 Å². The van der Waals surface area contributed by atoms with Gasteiger partial charge in [-0.2, -0.15) is 0 Å². The van der Waals surface area contributed by atoms with Gasteiger partial charge in [-0.05, 0) is 24.5 Å². The largest absolute Gasteiger partial charge is 0.481 e. The maximum Gasteiger partial charge on any atom is 0.303 e. The van der Waals surface area contributed by atoms with Crippen LogP contribution in [0.1, 0.15) is 19.8 Å². The van der Waals surface area contributed by atoms with Crippen molar-refractivity contribution in [2.24, 2.45) is 5.92 Å². The van der Waals surface area contributed by atoms with Crippen molar-refractivity contribution in [1.29, 1.82) is 0 Å². The normalized spacial score (nSPS) is 16.8. The number of nitrogens with one attached hydrogen (secondary N) is 1. The van der Waals surface area contributed by atoms with Crippen LogP contribution in [-0.2, 0) is 4.79 Å². The molecule has 0 spiro atoms. The zero-order chi connectivity index (χ0) is 10.4. The first-order chi connectivity index (χ1) is 6.70. The Morgan fingerprint density at radius 3 is 3.00 bits per heavy atom. The predicted octanol–water partition coefficient (Wildman–Crippen LogP) is 2.04. The minimum absolute atomic E-state index is 0.216. The highest BCUT2D eigenvalue weighted by Gasteiger charge is 2.09. The van der Waals surface area contributed by atoms with Gasteiger partial charge in [0.25, 0.3) is 0 Å². The molecule has 2 N–H and O–H groups in total. The Morgan fingerprint density at radius 1 is 1.50 bits per heavy atom. The Morgan fingerprint density at radius 2 is 2.29 bits per heavy atom. The summed E-state index contributed by atoms with van der Waals surface area (Å²) >= 11 is 0. The second-order valence-electron chi connectivity index (χ2n) is 3.34. The molecule has 0 radical (unpaired) electrons. The van der Waals surface area contributed by atoms with Gasteiger partial charge in [-0.15, -0.1) is 0 Å². The van der Waals surface area contributed by atoms with Gasteiger partial charge in [-0.3, -0.25) is 4.79 Å². The molecule has 1 rings (SSSR count). The molecule has 14 heavy (non-hydrogen) atoms. The number of hydrogen-bond donors (Lipinski definition) is 2. The van der Waals surface area contributed by atoms with Crippen molar-refractivity contribution >= 4 is 5.97 Å². The van der Waals surface area contributed by atoms with Crippen LogP contribution in [0.25, 0.3) is 0 Å². The van der Waals surface area contributed by atoms with Gasteiger partial charge in [-0.1, -0.05) is 19.1 Å². The average molecular weight is 193 g/mol. The highest BCUT2D eigenvalue weighted by atomic mass is 16.4. The van der Waals surface area contributed by atoms with Crippen molar-refractivity contribution in [3.63, 3.8) is 0 Å². The lowest BCUT2D eigenvalue weighted by atomic mass is 10.0. The molecule has 1 heterocycles. The molecule has 0 aromatic rings. The van der Waals surface area contributed by atoms with Crippen molar-refractivity contribution in [2.75, 3.05) is 0 Å². The summed E-state index contributed by atoms with van der Waals surface area (Å²) in [7, 11) is 0. The fourth-order valence-electron chi connectivity index (χ4n) is 1.27. The third-order valence-electron chi connectivity index (χ3n) is 2.17. The molecule has 0 saturated carbocycles. The molecule has 0 aromatic heterocycles. The average Bonchev–Trinajstić information content (AvgIpc) is 2.42. The van der Waals surface area contributed by atoms with Crippen LogP contribution < -0.4 is 5.32 Å². The maximum absolute atomic E-state index is 10.4. The lowest BCUT2D eigenvalue weighted by Gasteiger charge is -2.13. The molecule has 76 valence electrons. The standard InChI is InChI=1S/C11H15NO2/c1-9(6-7-11(13)14)10-5-3-2-4-8-12-10/h2-5,8-9,12H,6-7H2,1H3,(H,13,14).